The van der Waals surface area contributed by atoms with Gasteiger partial charge in [0.15, 0.2) is 23.5 Å². The monoisotopic (exact) mass is 538 g/mol. The smallest absolute Gasteiger partial charge is 0.358 e. The van der Waals surface area contributed by atoms with Crippen LogP contribution in [-0.4, -0.2) is 47.5 Å². The van der Waals surface area contributed by atoms with E-state index in [9.17, 15) is 9.59 Å². The van der Waals surface area contributed by atoms with Gasteiger partial charge in [0, 0.05) is 16.8 Å². The predicted molar refractivity (Wildman–Crippen MR) is 148 cm³/mol. The van der Waals surface area contributed by atoms with E-state index in [4.69, 9.17) is 18.6 Å². The standard InChI is InChI=1S/C30H26N4O6/c1-4-39-30(36)23-17-25(34(33-23)24-10-5-6-11-26(24)38-3)20-8-7-9-21(16-20)32-29(35)27-28(40-18-31-27)19-12-14-22(37-2)15-13-19/h5-18H,4H2,1-3H3,(H,32,35). The van der Waals surface area contributed by atoms with Crippen LogP contribution < -0.4 is 14.8 Å². The zero-order valence-electron chi connectivity index (χ0n) is 22.1. The highest BCUT2D eigenvalue weighted by Crippen LogP contribution is 2.31. The van der Waals surface area contributed by atoms with Gasteiger partial charge in [-0.05, 0) is 61.5 Å². The second-order valence-corrected chi connectivity index (χ2v) is 8.51. The molecule has 0 aliphatic heterocycles. The molecule has 0 unspecified atom stereocenters. The van der Waals surface area contributed by atoms with Crippen molar-refractivity contribution in [2.45, 2.75) is 6.92 Å². The fraction of sp³-hybridized carbons (Fsp3) is 0.133. The molecule has 0 bridgehead atoms. The molecule has 2 heterocycles. The lowest BCUT2D eigenvalue weighted by molar-refractivity contribution is 0.0518. The van der Waals surface area contributed by atoms with Crippen molar-refractivity contribution in [2.75, 3.05) is 26.1 Å². The number of oxazole rings is 1. The minimum atomic E-state index is -0.543. The molecule has 1 N–H and O–H groups in total. The van der Waals surface area contributed by atoms with Crippen molar-refractivity contribution in [3.63, 3.8) is 0 Å². The second-order valence-electron chi connectivity index (χ2n) is 8.51. The van der Waals surface area contributed by atoms with E-state index in [1.54, 1.807) is 80.4 Å². The summed E-state index contributed by atoms with van der Waals surface area (Å²) < 4.78 is 23.1. The van der Waals surface area contributed by atoms with Crippen LogP contribution in [0.2, 0.25) is 0 Å². The van der Waals surface area contributed by atoms with Crippen molar-refractivity contribution in [2.24, 2.45) is 0 Å². The number of nitrogens with zero attached hydrogens (tertiary/aromatic N) is 3. The molecule has 0 aliphatic carbocycles. The number of hydrogen-bond acceptors (Lipinski definition) is 8. The van der Waals surface area contributed by atoms with E-state index in [2.05, 4.69) is 15.4 Å². The molecule has 5 aromatic rings. The first-order valence-corrected chi connectivity index (χ1v) is 12.4. The molecule has 1 amide bonds. The number of rotatable bonds is 9. The Morgan fingerprint density at radius 3 is 2.48 bits per heavy atom. The first kappa shape index (κ1) is 26.2. The molecule has 2 aromatic heterocycles. The van der Waals surface area contributed by atoms with Gasteiger partial charge in [0.05, 0.1) is 26.5 Å². The molecular weight excluding hydrogens is 512 g/mol. The molecule has 0 aliphatic rings. The average Bonchev–Trinajstić information content (AvgIpc) is 3.66. The fourth-order valence-electron chi connectivity index (χ4n) is 4.18. The summed E-state index contributed by atoms with van der Waals surface area (Å²) in [5.41, 5.74) is 3.41. The van der Waals surface area contributed by atoms with E-state index in [-0.39, 0.29) is 18.0 Å². The lowest BCUT2D eigenvalue weighted by Gasteiger charge is -2.12. The summed E-state index contributed by atoms with van der Waals surface area (Å²) in [4.78, 5) is 29.9. The summed E-state index contributed by atoms with van der Waals surface area (Å²) in [6.07, 6.45) is 1.23. The third kappa shape index (κ3) is 5.28. The maximum Gasteiger partial charge on any atom is 0.358 e. The van der Waals surface area contributed by atoms with E-state index >= 15 is 0 Å². The van der Waals surface area contributed by atoms with Crippen molar-refractivity contribution >= 4 is 17.6 Å². The summed E-state index contributed by atoms with van der Waals surface area (Å²) in [6, 6.07) is 23.3. The van der Waals surface area contributed by atoms with Gasteiger partial charge in [-0.15, -0.1) is 0 Å². The number of amides is 1. The van der Waals surface area contributed by atoms with E-state index < -0.39 is 11.9 Å². The molecular formula is C30H26N4O6. The number of aromatic nitrogens is 3. The molecule has 0 saturated heterocycles. The molecule has 10 heteroatoms. The van der Waals surface area contributed by atoms with E-state index in [1.165, 1.54) is 6.39 Å². The first-order valence-electron chi connectivity index (χ1n) is 12.4. The molecule has 0 spiro atoms. The van der Waals surface area contributed by atoms with Crippen LogP contribution in [0.25, 0.3) is 28.3 Å². The molecule has 5 rings (SSSR count). The van der Waals surface area contributed by atoms with Gasteiger partial charge in [-0.1, -0.05) is 24.3 Å². The molecule has 202 valence electrons. The number of nitrogens with one attached hydrogen (secondary N) is 1. The topological polar surface area (TPSA) is 118 Å². The largest absolute Gasteiger partial charge is 0.497 e. The van der Waals surface area contributed by atoms with Crippen molar-refractivity contribution in [3.05, 3.63) is 96.6 Å². The van der Waals surface area contributed by atoms with E-state index in [1.807, 2.05) is 24.3 Å². The molecule has 0 saturated carbocycles. The van der Waals surface area contributed by atoms with Crippen LogP contribution in [0, 0.1) is 0 Å². The van der Waals surface area contributed by atoms with E-state index in [0.717, 1.165) is 0 Å². The summed E-state index contributed by atoms with van der Waals surface area (Å²) in [5, 5.41) is 7.40. The van der Waals surface area contributed by atoms with Crippen LogP contribution in [0.4, 0.5) is 5.69 Å². The van der Waals surface area contributed by atoms with Gasteiger partial charge in [-0.3, -0.25) is 4.79 Å². The molecule has 40 heavy (non-hydrogen) atoms. The molecule has 10 nitrogen and oxygen atoms in total. The third-order valence-corrected chi connectivity index (χ3v) is 6.06. The van der Waals surface area contributed by atoms with E-state index in [0.29, 0.717) is 45.5 Å². The normalized spacial score (nSPS) is 10.7. The Hall–Kier alpha value is -5.38. The molecule has 3 aromatic carbocycles. The zero-order chi connectivity index (χ0) is 28.1. The van der Waals surface area contributed by atoms with Gasteiger partial charge in [0.25, 0.3) is 5.91 Å². The molecule has 0 atom stereocenters. The van der Waals surface area contributed by atoms with Crippen molar-refractivity contribution in [1.29, 1.82) is 0 Å². The quantitative estimate of drug-likeness (QED) is 0.240. The zero-order valence-corrected chi connectivity index (χ0v) is 22.1. The number of methoxy groups -OCH3 is 2. The Kier molecular flexibility index (Phi) is 7.58. The van der Waals surface area contributed by atoms with Gasteiger partial charge in [0.2, 0.25) is 0 Å². The van der Waals surface area contributed by atoms with Crippen LogP contribution in [0.5, 0.6) is 11.5 Å². The number of hydrogen-bond donors (Lipinski definition) is 1. The van der Waals surface area contributed by atoms with Crippen LogP contribution in [-0.2, 0) is 4.74 Å². The summed E-state index contributed by atoms with van der Waals surface area (Å²) in [6.45, 7) is 1.95. The Morgan fingerprint density at radius 2 is 1.73 bits per heavy atom. The Bertz CT molecular complexity index is 1660. The number of esters is 1. The predicted octanol–water partition coefficient (Wildman–Crippen LogP) is 5.64. The Balaban J connectivity index is 1.48. The summed E-state index contributed by atoms with van der Waals surface area (Å²) in [5.74, 6) is 0.610. The Morgan fingerprint density at radius 1 is 0.925 bits per heavy atom. The second kappa shape index (κ2) is 11.6. The number of carbonyl (C=O) groups is 2. The fourth-order valence-corrected chi connectivity index (χ4v) is 4.18. The number of anilines is 1. The SMILES string of the molecule is CCOC(=O)c1cc(-c2cccc(NC(=O)c3ncoc3-c3ccc(OC)cc3)c2)n(-c2ccccc2OC)n1. The lowest BCUT2D eigenvalue weighted by atomic mass is 10.1. The number of carbonyl (C=O) groups excluding carboxylic acids is 2. The maximum absolute atomic E-state index is 13.2. The first-order chi connectivity index (χ1) is 19.5. The number of benzene rings is 3. The maximum atomic E-state index is 13.2. The molecule has 0 fully saturated rings. The highest BCUT2D eigenvalue weighted by molar-refractivity contribution is 6.06. The number of para-hydroxylation sites is 2. The average molecular weight is 539 g/mol. The van der Waals surface area contributed by atoms with Crippen molar-refractivity contribution in [1.82, 2.24) is 14.8 Å². The Labute approximate surface area is 230 Å². The van der Waals surface area contributed by atoms with Gasteiger partial charge in [-0.25, -0.2) is 14.5 Å². The lowest BCUT2D eigenvalue weighted by Crippen LogP contribution is -2.13. The third-order valence-electron chi connectivity index (χ3n) is 6.06. The van der Waals surface area contributed by atoms with Gasteiger partial charge in [-0.2, -0.15) is 5.10 Å². The number of ether oxygens (including phenoxy) is 3. The van der Waals surface area contributed by atoms with Gasteiger partial charge in [0.1, 0.15) is 17.2 Å². The minimum absolute atomic E-state index is 0.138. The summed E-state index contributed by atoms with van der Waals surface area (Å²) >= 11 is 0. The van der Waals surface area contributed by atoms with Gasteiger partial charge >= 0.3 is 5.97 Å². The van der Waals surface area contributed by atoms with Gasteiger partial charge < -0.3 is 23.9 Å². The van der Waals surface area contributed by atoms with Crippen LogP contribution in [0.3, 0.4) is 0 Å². The van der Waals surface area contributed by atoms with Crippen molar-refractivity contribution < 1.29 is 28.2 Å². The highest BCUT2D eigenvalue weighted by atomic mass is 16.5. The van der Waals surface area contributed by atoms with Crippen LogP contribution in [0.15, 0.2) is 89.7 Å². The highest BCUT2D eigenvalue weighted by Gasteiger charge is 2.21. The van der Waals surface area contributed by atoms with Crippen LogP contribution in [0.1, 0.15) is 27.9 Å². The van der Waals surface area contributed by atoms with Crippen LogP contribution >= 0.6 is 0 Å². The molecule has 0 radical (unpaired) electrons. The summed E-state index contributed by atoms with van der Waals surface area (Å²) in [7, 11) is 3.14. The van der Waals surface area contributed by atoms with Crippen molar-refractivity contribution in [3.8, 4) is 39.8 Å². The minimum Gasteiger partial charge on any atom is -0.497 e.